The molecule has 0 unspecified atom stereocenters. The van der Waals surface area contributed by atoms with E-state index < -0.39 is 219 Å². The van der Waals surface area contributed by atoms with E-state index in [0.717, 1.165) is 4.90 Å². The monoisotopic (exact) mass is 1660 g/mol. The Labute approximate surface area is 664 Å². The number of likely N-dealkylation sites (N-methyl/N-ethyl adjacent to an activating group) is 1. The van der Waals surface area contributed by atoms with E-state index in [1.165, 1.54) is 38.6 Å². The van der Waals surface area contributed by atoms with Gasteiger partial charge in [0, 0.05) is 68.3 Å². The van der Waals surface area contributed by atoms with Crippen molar-refractivity contribution in [1.29, 1.82) is 0 Å². The summed E-state index contributed by atoms with van der Waals surface area (Å²) in [5, 5.41) is 35.7. The number of nitrogens with zero attached hydrogens (tertiary/aromatic N) is 2. The first-order chi connectivity index (χ1) is 52.8. The predicted molar refractivity (Wildman–Crippen MR) is 423 cm³/mol. The zero-order valence-electron chi connectivity index (χ0n) is 67.0. The first-order valence-electron chi connectivity index (χ1n) is 37.5. The maximum absolute atomic E-state index is 16.9. The molecule has 0 saturated carbocycles. The molecular formula is C74H115FN16O20S2Si. The van der Waals surface area contributed by atoms with Crippen molar-refractivity contribution in [2.24, 2.45) is 29.2 Å². The number of aliphatic hydroxyl groups excluding tert-OH is 1. The molecule has 36 nitrogen and oxygen atoms in total. The number of para-hydroxylation sites is 1. The number of fused-ring (bicyclic) bond motifs is 1. The van der Waals surface area contributed by atoms with Gasteiger partial charge in [0.2, 0.25) is 76.8 Å². The molecule has 2 aromatic carbocycles. The van der Waals surface area contributed by atoms with E-state index in [-0.39, 0.29) is 69.7 Å². The van der Waals surface area contributed by atoms with E-state index in [0.29, 0.717) is 32.9 Å². The molecule has 4 aromatic rings. The maximum Gasteiger partial charge on any atom is 0.288 e. The van der Waals surface area contributed by atoms with Crippen LogP contribution in [0.1, 0.15) is 158 Å². The zero-order chi connectivity index (χ0) is 86.1. The van der Waals surface area contributed by atoms with Gasteiger partial charge in [-0.2, -0.15) is 16.8 Å². The van der Waals surface area contributed by atoms with Crippen molar-refractivity contribution in [2.45, 2.75) is 231 Å². The Hall–Kier alpha value is -9.77. The van der Waals surface area contributed by atoms with E-state index in [9.17, 15) is 93.4 Å². The molecule has 634 valence electrons. The Morgan fingerprint density at radius 3 is 1.68 bits per heavy atom. The largest absolute Gasteiger partial charge is 0.390 e. The third-order valence-corrected chi connectivity index (χ3v) is 25.5. The van der Waals surface area contributed by atoms with Gasteiger partial charge in [-0.15, -0.1) is 0 Å². The van der Waals surface area contributed by atoms with Gasteiger partial charge < -0.3 is 88.7 Å². The topological polar surface area (TPSA) is 571 Å². The van der Waals surface area contributed by atoms with Crippen LogP contribution >= 0.6 is 0 Å². The number of carbonyl (C=O) groups is 13. The van der Waals surface area contributed by atoms with Crippen LogP contribution in [0.5, 0.6) is 0 Å². The number of aromatic nitrogens is 3. The highest BCUT2D eigenvalue weighted by molar-refractivity contribution is 7.86. The molecule has 4 rings (SSSR count). The minimum atomic E-state index is -5.08. The number of hydrogen-bond acceptors (Lipinski definition) is 19. The van der Waals surface area contributed by atoms with Gasteiger partial charge in [-0.1, -0.05) is 126 Å². The van der Waals surface area contributed by atoms with E-state index in [4.69, 9.17) is 11.5 Å². The number of amides is 13. The SMILES string of the molecule is CC(C)C[C@H](NC(=O)C[C@H](O)[C@H](CC(C)C)NC(=O)[C@H](Cc1cnc[nH]1)NC(=O)CN(C)C(=O)[C@@H](NC(=O)[C@H](C)NC(=O)[C@H](Cc1c[nH]c2ccccc12)NC(=O)[C@H](CCC(N)=O)NC(=O)CCCCNC(=O)[C@H](CS(=O)(=O)O)NC(=O)[C@H](CS(=O)(=O)O)NC(=O)Cc1ccc([Si]([18F])(C(C)(C)C)C(C)(C)C)cc1)C(C)C)C(N)=O. The molecule has 0 radical (unpaired) electrons. The number of hydrogen-bond donors (Lipinski definition) is 17. The summed E-state index contributed by atoms with van der Waals surface area (Å²) in [6.07, 6.45) is 0.660. The molecule has 2 aromatic heterocycles. The summed E-state index contributed by atoms with van der Waals surface area (Å²) in [4.78, 5) is 187. The molecule has 13 amide bonds. The average Bonchev–Trinajstić information content (AvgIpc) is 0.966. The van der Waals surface area contributed by atoms with Crippen molar-refractivity contribution in [3.05, 3.63) is 84.1 Å². The van der Waals surface area contributed by atoms with Gasteiger partial charge in [-0.3, -0.25) is 71.4 Å². The number of nitrogens with one attached hydrogen (secondary N) is 12. The molecular weight excluding hydrogens is 1540 g/mol. The molecule has 0 saturated heterocycles. The summed E-state index contributed by atoms with van der Waals surface area (Å²) in [7, 11) is -12.6. The Morgan fingerprint density at radius 2 is 1.12 bits per heavy atom. The number of aliphatic hydroxyl groups is 1. The van der Waals surface area contributed by atoms with Gasteiger partial charge in [0.1, 0.15) is 59.8 Å². The molecule has 0 spiro atoms. The normalized spacial score (nSPS) is 14.8. The fraction of sp³-hybridized carbons (Fsp3) is 0.595. The fourth-order valence-electron chi connectivity index (χ4n) is 13.1. The number of imidazole rings is 1. The van der Waals surface area contributed by atoms with Crippen molar-refractivity contribution in [3.8, 4) is 0 Å². The number of H-pyrrole nitrogens is 2. The fourth-order valence-corrected chi connectivity index (χ4v) is 19.0. The van der Waals surface area contributed by atoms with Crippen LogP contribution in [0, 0.1) is 17.8 Å². The predicted octanol–water partition coefficient (Wildman–Crippen LogP) is -0.205. The summed E-state index contributed by atoms with van der Waals surface area (Å²) < 4.78 is 84.9. The number of rotatable bonds is 46. The minimum absolute atomic E-state index is 0.00199. The van der Waals surface area contributed by atoms with Gasteiger partial charge in [0.15, 0.2) is 0 Å². The number of primary amides is 2. The molecule has 114 heavy (non-hydrogen) atoms. The average molecular weight is 1660 g/mol. The lowest BCUT2D eigenvalue weighted by Crippen LogP contribution is -2.59. The minimum Gasteiger partial charge on any atom is -0.390 e. The second-order valence-corrected chi connectivity index (χ2v) is 39.8. The third-order valence-electron chi connectivity index (χ3n) is 18.7. The first-order valence-corrected chi connectivity index (χ1v) is 42.6. The van der Waals surface area contributed by atoms with Gasteiger partial charge >= 0.3 is 0 Å². The number of carbonyl (C=O) groups excluding carboxylic acids is 13. The molecule has 10 atom stereocenters. The molecule has 0 fully saturated rings. The van der Waals surface area contributed by atoms with Crippen molar-refractivity contribution in [3.63, 3.8) is 0 Å². The summed E-state index contributed by atoms with van der Waals surface area (Å²) in [5.74, 6) is -15.6. The molecule has 0 aliphatic carbocycles. The summed E-state index contributed by atoms with van der Waals surface area (Å²) in [5.41, 5.74) is 12.9. The van der Waals surface area contributed by atoms with Gasteiger partial charge in [0.05, 0.1) is 37.9 Å². The number of unbranched alkanes of at least 4 members (excludes halogenated alkanes) is 1. The van der Waals surface area contributed by atoms with E-state index in [1.54, 1.807) is 98.0 Å². The lowest BCUT2D eigenvalue weighted by atomic mass is 9.96. The number of benzene rings is 2. The van der Waals surface area contributed by atoms with Crippen LogP contribution in [-0.2, 0) is 102 Å². The molecule has 0 bridgehead atoms. The Morgan fingerprint density at radius 1 is 0.588 bits per heavy atom. The van der Waals surface area contributed by atoms with Crippen LogP contribution in [0.4, 0.5) is 4.11 Å². The summed E-state index contributed by atoms with van der Waals surface area (Å²) in [6.45, 7) is 21.7. The summed E-state index contributed by atoms with van der Waals surface area (Å²) in [6, 6.07) is -0.375. The Bertz CT molecular complexity index is 4230. The van der Waals surface area contributed by atoms with Crippen LogP contribution in [0.2, 0.25) is 10.1 Å². The highest BCUT2D eigenvalue weighted by Gasteiger charge is 2.56. The lowest BCUT2D eigenvalue weighted by molar-refractivity contribution is -0.140. The molecule has 40 heteroatoms. The highest BCUT2D eigenvalue weighted by Crippen LogP contribution is 2.51. The second kappa shape index (κ2) is 43.1. The van der Waals surface area contributed by atoms with Gasteiger partial charge in [-0.25, -0.2) is 4.98 Å². The number of nitrogens with two attached hydrogens (primary N) is 2. The lowest BCUT2D eigenvalue weighted by Gasteiger charge is -2.44. The van der Waals surface area contributed by atoms with Crippen molar-refractivity contribution in [2.75, 3.05) is 31.6 Å². The van der Waals surface area contributed by atoms with Crippen LogP contribution in [0.25, 0.3) is 10.9 Å². The van der Waals surface area contributed by atoms with E-state index in [1.807, 2.05) is 33.0 Å². The molecule has 0 aliphatic rings. The van der Waals surface area contributed by atoms with Crippen LogP contribution in [-0.4, -0.2) is 228 Å². The van der Waals surface area contributed by atoms with E-state index >= 15 is 4.11 Å². The first kappa shape index (κ1) is 96.6. The van der Waals surface area contributed by atoms with Crippen molar-refractivity contribution < 1.29 is 97.5 Å². The number of halogens is 1. The molecule has 2 heterocycles. The Kier molecular flexibility index (Phi) is 36.5. The van der Waals surface area contributed by atoms with Crippen molar-refractivity contribution >= 4 is 122 Å². The summed E-state index contributed by atoms with van der Waals surface area (Å²) >= 11 is 0. The highest BCUT2D eigenvalue weighted by atomic mass is 32.2. The van der Waals surface area contributed by atoms with Crippen LogP contribution in [0.15, 0.2) is 67.3 Å². The standard InChI is InChI=1S/C74H115FN16O20S2Si/c1-41(2)29-52(58(92)34-62(96)84-53(65(77)98)30-42(3)4)87-70(103)55(33-47-36-78-40-81-47)85-63(97)37-91(14)72(105)64(43(5)6)90-66(99)44(7)82-69(102)54(32-46-35-80-50-20-16-15-19-49(46)50)88-68(101)51(26-27-59(76)93)83-60(94)21-17-18-28-79-67(100)56(38-112(106,107)108)89-71(104)57(39-113(109,110)111)86-61(95)31-45-22-24-48(25-23-45)114(75,73(8,9)10)74(11,12)13/h15-16,19-20,22-25,35-36,40-44,51-58,64,80,92H,17-18,21,26-34,37-39H2,1-14H3,(H2,76,93)(H2,77,98)(H,78,81)(H,79,100)(H,82,102)(H,83,94)(H,84,96)(H,85,97)(H,86,95)(H,87,103)(H,88,101)(H,89,104)(H,90,99)(H,106,107,108)(H,109,110,111)/t44-,51-,52-,53-,54-,55-,56-,57-,58-,64-/m0/s1/i75-1. The van der Waals surface area contributed by atoms with E-state index in [2.05, 4.69) is 62.8 Å². The van der Waals surface area contributed by atoms with Gasteiger partial charge in [0.25, 0.3) is 28.6 Å². The zero-order valence-corrected chi connectivity index (χ0v) is 69.6. The second-order valence-electron chi connectivity index (χ2n) is 31.9. The molecule has 19 N–H and O–H groups in total. The third kappa shape index (κ3) is 31.5. The quantitative estimate of drug-likeness (QED) is 0.0118. The van der Waals surface area contributed by atoms with Crippen LogP contribution in [0.3, 0.4) is 0 Å². The maximum atomic E-state index is 16.9. The van der Waals surface area contributed by atoms with Crippen LogP contribution < -0.4 is 69.8 Å². The number of aromatic amines is 2. The smallest absolute Gasteiger partial charge is 0.288 e. The molecule has 0 aliphatic heterocycles. The Balaban J connectivity index is 1.44. The van der Waals surface area contributed by atoms with Gasteiger partial charge in [-0.05, 0) is 89.2 Å². The van der Waals surface area contributed by atoms with Crippen molar-refractivity contribution in [1.82, 2.24) is 73.0 Å².